The summed E-state index contributed by atoms with van der Waals surface area (Å²) in [6.45, 7) is 0. The van der Waals surface area contributed by atoms with Crippen molar-refractivity contribution in [2.24, 2.45) is 0 Å². The third-order valence-corrected chi connectivity index (χ3v) is 3.80. The molecular formula is C13H12O5S. The van der Waals surface area contributed by atoms with Crippen LogP contribution in [0.15, 0.2) is 45.9 Å². The van der Waals surface area contributed by atoms with Crippen molar-refractivity contribution < 1.29 is 23.3 Å². The first-order valence-electron chi connectivity index (χ1n) is 5.43. The Hall–Kier alpha value is -2.08. The molecule has 0 aliphatic rings. The molecule has 1 unspecified atom stereocenters. The van der Waals surface area contributed by atoms with Gasteiger partial charge in [0, 0.05) is 4.90 Å². The van der Waals surface area contributed by atoms with Crippen molar-refractivity contribution in [1.82, 2.24) is 0 Å². The van der Waals surface area contributed by atoms with Gasteiger partial charge in [-0.1, -0.05) is 6.07 Å². The average Bonchev–Trinajstić information content (AvgIpc) is 2.87. The van der Waals surface area contributed by atoms with Gasteiger partial charge in [-0.15, -0.1) is 0 Å². The van der Waals surface area contributed by atoms with E-state index < -0.39 is 16.8 Å². The SMILES string of the molecule is COc1cccc(S(=O)Cc2cc(C(=O)O)co2)c1. The van der Waals surface area contributed by atoms with Crippen LogP contribution in [0, 0.1) is 0 Å². The van der Waals surface area contributed by atoms with Crippen LogP contribution in [0.2, 0.25) is 0 Å². The van der Waals surface area contributed by atoms with Crippen LogP contribution >= 0.6 is 0 Å². The molecule has 0 fully saturated rings. The summed E-state index contributed by atoms with van der Waals surface area (Å²) in [6.07, 6.45) is 1.14. The second kappa shape index (κ2) is 5.71. The van der Waals surface area contributed by atoms with Gasteiger partial charge in [0.1, 0.15) is 17.8 Å². The molecule has 5 nitrogen and oxygen atoms in total. The highest BCUT2D eigenvalue weighted by molar-refractivity contribution is 7.84. The quantitative estimate of drug-likeness (QED) is 0.909. The first-order chi connectivity index (χ1) is 9.10. The van der Waals surface area contributed by atoms with Crippen molar-refractivity contribution in [3.05, 3.63) is 47.9 Å². The maximum atomic E-state index is 12.1. The molecule has 0 aliphatic heterocycles. The first-order valence-corrected chi connectivity index (χ1v) is 6.75. The summed E-state index contributed by atoms with van der Waals surface area (Å²) in [7, 11) is 0.223. The van der Waals surface area contributed by atoms with E-state index in [9.17, 15) is 9.00 Å². The van der Waals surface area contributed by atoms with E-state index in [1.165, 1.54) is 13.2 Å². The molecule has 100 valence electrons. The smallest absolute Gasteiger partial charge is 0.338 e. The Morgan fingerprint density at radius 2 is 2.21 bits per heavy atom. The number of benzene rings is 1. The van der Waals surface area contributed by atoms with E-state index in [4.69, 9.17) is 14.3 Å². The standard InChI is InChI=1S/C13H12O5S/c1-17-10-3-2-4-12(6-10)19(16)8-11-5-9(7-18-11)13(14)15/h2-7H,8H2,1H3,(H,14,15). The van der Waals surface area contributed by atoms with Crippen LogP contribution in [-0.2, 0) is 16.6 Å². The Labute approximate surface area is 112 Å². The van der Waals surface area contributed by atoms with E-state index in [1.807, 2.05) is 0 Å². The second-order valence-electron chi connectivity index (χ2n) is 3.78. The topological polar surface area (TPSA) is 76.7 Å². The van der Waals surface area contributed by atoms with Gasteiger partial charge in [0.15, 0.2) is 0 Å². The molecule has 2 rings (SSSR count). The van der Waals surface area contributed by atoms with Crippen LogP contribution in [0.3, 0.4) is 0 Å². The van der Waals surface area contributed by atoms with Crippen LogP contribution in [-0.4, -0.2) is 22.4 Å². The number of hydrogen-bond donors (Lipinski definition) is 1. The minimum Gasteiger partial charge on any atom is -0.497 e. The summed E-state index contributed by atoms with van der Waals surface area (Å²) in [5, 5.41) is 8.77. The third-order valence-electron chi connectivity index (χ3n) is 2.48. The van der Waals surface area contributed by atoms with Gasteiger partial charge in [-0.3, -0.25) is 4.21 Å². The molecule has 0 spiro atoms. The van der Waals surface area contributed by atoms with Gasteiger partial charge in [0.05, 0.1) is 29.2 Å². The predicted octanol–water partition coefficient (Wildman–Crippen LogP) is 2.29. The van der Waals surface area contributed by atoms with Gasteiger partial charge in [0.25, 0.3) is 0 Å². The van der Waals surface area contributed by atoms with Crippen molar-refractivity contribution in [2.75, 3.05) is 7.11 Å². The van der Waals surface area contributed by atoms with Gasteiger partial charge in [-0.05, 0) is 24.3 Å². The number of ether oxygens (including phenoxy) is 1. The lowest BCUT2D eigenvalue weighted by atomic mass is 10.3. The molecular weight excluding hydrogens is 268 g/mol. The van der Waals surface area contributed by atoms with Gasteiger partial charge in [-0.25, -0.2) is 4.79 Å². The van der Waals surface area contributed by atoms with Crippen LogP contribution in [0.25, 0.3) is 0 Å². The fourth-order valence-corrected chi connectivity index (χ4v) is 2.58. The number of furan rings is 1. The Balaban J connectivity index is 2.13. The highest BCUT2D eigenvalue weighted by atomic mass is 32.2. The molecule has 0 bridgehead atoms. The molecule has 0 saturated carbocycles. The van der Waals surface area contributed by atoms with Crippen molar-refractivity contribution in [1.29, 1.82) is 0 Å². The van der Waals surface area contributed by atoms with Gasteiger partial charge in [0.2, 0.25) is 0 Å². The minimum absolute atomic E-state index is 0.0534. The zero-order chi connectivity index (χ0) is 13.8. The molecule has 19 heavy (non-hydrogen) atoms. The predicted molar refractivity (Wildman–Crippen MR) is 68.8 cm³/mol. The van der Waals surface area contributed by atoms with Gasteiger partial charge < -0.3 is 14.3 Å². The second-order valence-corrected chi connectivity index (χ2v) is 5.23. The Morgan fingerprint density at radius 1 is 1.42 bits per heavy atom. The molecule has 1 heterocycles. The molecule has 2 aromatic rings. The summed E-state index contributed by atoms with van der Waals surface area (Å²) in [5.74, 6) is 0.0534. The van der Waals surface area contributed by atoms with Crippen LogP contribution in [0.1, 0.15) is 16.1 Å². The summed E-state index contributed by atoms with van der Waals surface area (Å²) >= 11 is 0. The van der Waals surface area contributed by atoms with E-state index in [1.54, 1.807) is 24.3 Å². The summed E-state index contributed by atoms with van der Waals surface area (Å²) in [4.78, 5) is 11.3. The molecule has 6 heteroatoms. The summed E-state index contributed by atoms with van der Waals surface area (Å²) < 4.78 is 22.2. The third kappa shape index (κ3) is 3.23. The minimum atomic E-state index is -1.31. The molecule has 0 amide bonds. The number of aromatic carboxylic acids is 1. The Morgan fingerprint density at radius 3 is 2.84 bits per heavy atom. The number of carboxylic acid groups (broad SMARTS) is 1. The van der Waals surface area contributed by atoms with E-state index in [0.29, 0.717) is 16.4 Å². The lowest BCUT2D eigenvalue weighted by Crippen LogP contribution is -1.96. The fourth-order valence-electron chi connectivity index (χ4n) is 1.52. The molecule has 0 radical (unpaired) electrons. The monoisotopic (exact) mass is 280 g/mol. The molecule has 0 saturated heterocycles. The number of hydrogen-bond acceptors (Lipinski definition) is 4. The highest BCUT2D eigenvalue weighted by Gasteiger charge is 2.12. The van der Waals surface area contributed by atoms with Crippen molar-refractivity contribution in [3.8, 4) is 5.75 Å². The molecule has 1 atom stereocenters. The lowest BCUT2D eigenvalue weighted by molar-refractivity contribution is 0.0696. The average molecular weight is 280 g/mol. The highest BCUT2D eigenvalue weighted by Crippen LogP contribution is 2.19. The molecule has 1 aromatic carbocycles. The zero-order valence-corrected chi connectivity index (χ0v) is 11.0. The Kier molecular flexibility index (Phi) is 4.01. The number of carbonyl (C=O) groups is 1. The number of carboxylic acids is 1. The van der Waals surface area contributed by atoms with Crippen molar-refractivity contribution >= 4 is 16.8 Å². The van der Waals surface area contributed by atoms with E-state index in [0.717, 1.165) is 6.26 Å². The van der Waals surface area contributed by atoms with Crippen molar-refractivity contribution in [3.63, 3.8) is 0 Å². The largest absolute Gasteiger partial charge is 0.497 e. The maximum Gasteiger partial charge on any atom is 0.338 e. The number of rotatable bonds is 5. The fraction of sp³-hybridized carbons (Fsp3) is 0.154. The summed E-state index contributed by atoms with van der Waals surface area (Å²) in [5.41, 5.74) is 0.0534. The zero-order valence-electron chi connectivity index (χ0n) is 10.2. The lowest BCUT2D eigenvalue weighted by Gasteiger charge is -2.03. The first kappa shape index (κ1) is 13.4. The van der Waals surface area contributed by atoms with Crippen molar-refractivity contribution in [2.45, 2.75) is 10.6 Å². The van der Waals surface area contributed by atoms with E-state index in [2.05, 4.69) is 0 Å². The van der Waals surface area contributed by atoms with Crippen LogP contribution in [0.5, 0.6) is 5.75 Å². The van der Waals surface area contributed by atoms with Gasteiger partial charge >= 0.3 is 5.97 Å². The maximum absolute atomic E-state index is 12.1. The Bertz CT molecular complexity index is 617. The molecule has 0 aliphatic carbocycles. The van der Waals surface area contributed by atoms with Crippen LogP contribution in [0.4, 0.5) is 0 Å². The van der Waals surface area contributed by atoms with Crippen LogP contribution < -0.4 is 4.74 Å². The van der Waals surface area contributed by atoms with E-state index in [-0.39, 0.29) is 11.3 Å². The van der Waals surface area contributed by atoms with E-state index >= 15 is 0 Å². The normalized spacial score (nSPS) is 12.1. The van der Waals surface area contributed by atoms with Gasteiger partial charge in [-0.2, -0.15) is 0 Å². The summed E-state index contributed by atoms with van der Waals surface area (Å²) in [6, 6.07) is 8.28. The molecule has 1 aromatic heterocycles. The molecule has 1 N–H and O–H groups in total. The number of methoxy groups -OCH3 is 1.